The average Bonchev–Trinajstić information content (AvgIpc) is 2.96. The molecule has 0 bridgehead atoms. The Morgan fingerprint density at radius 2 is 1.84 bits per heavy atom. The van der Waals surface area contributed by atoms with Crippen molar-refractivity contribution in [3.8, 4) is 0 Å². The van der Waals surface area contributed by atoms with Crippen LogP contribution in [0.4, 0.5) is 5.82 Å². The molecule has 0 amide bonds. The van der Waals surface area contributed by atoms with Gasteiger partial charge in [0.15, 0.2) is 0 Å². The van der Waals surface area contributed by atoms with E-state index in [1.54, 1.807) is 0 Å². The number of para-hydroxylation sites is 1. The van der Waals surface area contributed by atoms with Crippen molar-refractivity contribution in [1.82, 2.24) is 4.98 Å². The first-order valence-electron chi connectivity index (χ1n) is 8.28. The number of H-pyrrole nitrogens is 2. The predicted molar refractivity (Wildman–Crippen MR) is 103 cm³/mol. The van der Waals surface area contributed by atoms with Crippen molar-refractivity contribution in [3.63, 3.8) is 0 Å². The van der Waals surface area contributed by atoms with Gasteiger partial charge in [-0.3, -0.25) is 5.32 Å². The van der Waals surface area contributed by atoms with E-state index in [-0.39, 0.29) is 6.04 Å². The average molecular weight is 349 g/mol. The van der Waals surface area contributed by atoms with Crippen LogP contribution < -0.4 is 10.3 Å². The van der Waals surface area contributed by atoms with E-state index in [4.69, 9.17) is 11.6 Å². The lowest BCUT2D eigenvalue weighted by molar-refractivity contribution is -0.361. The third-order valence-corrected chi connectivity index (χ3v) is 4.66. The van der Waals surface area contributed by atoms with Crippen LogP contribution in [0.15, 0.2) is 72.9 Å². The topological polar surface area (TPSA) is 42.0 Å². The Hall–Kier alpha value is -2.78. The van der Waals surface area contributed by atoms with Gasteiger partial charge in [0.2, 0.25) is 0 Å². The molecule has 25 heavy (non-hydrogen) atoms. The van der Waals surface area contributed by atoms with E-state index in [0.29, 0.717) is 0 Å². The number of halogens is 1. The summed E-state index contributed by atoms with van der Waals surface area (Å²) >= 11 is 6.27. The van der Waals surface area contributed by atoms with Gasteiger partial charge in [-0.1, -0.05) is 48.0 Å². The number of benzene rings is 2. The Kier molecular flexibility index (Phi) is 4.16. The molecule has 3 nitrogen and oxygen atoms in total. The molecule has 0 aliphatic rings. The molecule has 2 aromatic carbocycles. The molecule has 1 atom stereocenters. The van der Waals surface area contributed by atoms with Crippen molar-refractivity contribution in [2.75, 3.05) is 5.32 Å². The van der Waals surface area contributed by atoms with E-state index in [9.17, 15) is 0 Å². The zero-order valence-electron chi connectivity index (χ0n) is 13.9. The van der Waals surface area contributed by atoms with Crippen molar-refractivity contribution in [2.24, 2.45) is 0 Å². The first kappa shape index (κ1) is 15.7. The number of fused-ring (bicyclic) bond motifs is 1. The summed E-state index contributed by atoms with van der Waals surface area (Å²) < 4.78 is 0. The van der Waals surface area contributed by atoms with Gasteiger partial charge in [-0.15, -0.1) is 0 Å². The first-order valence-corrected chi connectivity index (χ1v) is 8.66. The van der Waals surface area contributed by atoms with Crippen LogP contribution in [0.3, 0.4) is 0 Å². The van der Waals surface area contributed by atoms with Crippen LogP contribution in [0, 0.1) is 6.92 Å². The molecular weight excluding hydrogens is 330 g/mol. The fraction of sp³-hybridized carbons (Fsp3) is 0.0952. The number of anilines is 1. The molecule has 4 heteroatoms. The summed E-state index contributed by atoms with van der Waals surface area (Å²) in [4.78, 5) is 6.75. The zero-order chi connectivity index (χ0) is 17.2. The Labute approximate surface area is 151 Å². The molecular formula is C21H19ClN3+. The summed E-state index contributed by atoms with van der Waals surface area (Å²) in [6.07, 6.45) is 1.92. The third-order valence-electron chi connectivity index (χ3n) is 4.42. The van der Waals surface area contributed by atoms with Crippen molar-refractivity contribution in [1.29, 1.82) is 0 Å². The Morgan fingerprint density at radius 3 is 2.64 bits per heavy atom. The maximum Gasteiger partial charge on any atom is 0.272 e. The molecule has 4 rings (SSSR count). The summed E-state index contributed by atoms with van der Waals surface area (Å²) in [5.74, 6) is 0.956. The summed E-state index contributed by atoms with van der Waals surface area (Å²) in [5.41, 5.74) is 4.64. The number of rotatable bonds is 4. The van der Waals surface area contributed by atoms with E-state index >= 15 is 0 Å². The van der Waals surface area contributed by atoms with Crippen LogP contribution in [0.2, 0.25) is 5.02 Å². The lowest BCUT2D eigenvalue weighted by atomic mass is 9.96. The van der Waals surface area contributed by atoms with E-state index in [1.165, 1.54) is 10.9 Å². The highest BCUT2D eigenvalue weighted by Crippen LogP contribution is 2.34. The summed E-state index contributed by atoms with van der Waals surface area (Å²) in [6.45, 7) is 2.11. The molecule has 0 aliphatic heterocycles. The molecule has 0 spiro atoms. The van der Waals surface area contributed by atoms with E-state index in [2.05, 4.69) is 52.5 Å². The molecule has 0 unspecified atom stereocenters. The minimum Gasteiger partial charge on any atom is -0.358 e. The second-order valence-corrected chi connectivity index (χ2v) is 6.55. The van der Waals surface area contributed by atoms with Gasteiger partial charge in [0.25, 0.3) is 5.82 Å². The fourth-order valence-corrected chi connectivity index (χ4v) is 3.52. The number of pyridine rings is 1. The minimum absolute atomic E-state index is 0.0199. The first-order chi connectivity index (χ1) is 12.2. The summed E-state index contributed by atoms with van der Waals surface area (Å²) in [6, 6.07) is 22.4. The summed E-state index contributed by atoms with van der Waals surface area (Å²) in [7, 11) is 0. The van der Waals surface area contributed by atoms with Crippen LogP contribution in [0.5, 0.6) is 0 Å². The second-order valence-electron chi connectivity index (χ2n) is 6.12. The lowest BCUT2D eigenvalue weighted by Gasteiger charge is -2.16. The van der Waals surface area contributed by atoms with Crippen molar-refractivity contribution in [3.05, 3.63) is 94.8 Å². The lowest BCUT2D eigenvalue weighted by Crippen LogP contribution is -2.19. The molecule has 0 saturated heterocycles. The van der Waals surface area contributed by atoms with Gasteiger partial charge in [-0.05, 0) is 31.2 Å². The number of hydrogen-bond acceptors (Lipinski definition) is 1. The van der Waals surface area contributed by atoms with E-state index < -0.39 is 0 Å². The van der Waals surface area contributed by atoms with Gasteiger partial charge in [-0.25, -0.2) is 4.98 Å². The van der Waals surface area contributed by atoms with E-state index in [1.807, 2.05) is 42.6 Å². The summed E-state index contributed by atoms with van der Waals surface area (Å²) in [5, 5.41) is 5.57. The van der Waals surface area contributed by atoms with Crippen molar-refractivity contribution < 1.29 is 4.98 Å². The van der Waals surface area contributed by atoms with Gasteiger partial charge in [0, 0.05) is 38.8 Å². The van der Waals surface area contributed by atoms with Crippen molar-refractivity contribution >= 4 is 28.3 Å². The Bertz CT molecular complexity index is 1010. The Balaban J connectivity index is 1.89. The largest absolute Gasteiger partial charge is 0.358 e. The van der Waals surface area contributed by atoms with Gasteiger partial charge < -0.3 is 4.98 Å². The standard InChI is InChI=1S/C21H18ClN3/c1-14-20(17-9-2-3-10-18(17)24-14)21(15-7-6-8-16(22)13-15)25-19-11-4-5-12-23-19/h2-13,21,24H,1H3,(H,23,25)/p+1/t21-/m0/s1. The molecule has 0 radical (unpaired) electrons. The Morgan fingerprint density at radius 1 is 1.00 bits per heavy atom. The highest BCUT2D eigenvalue weighted by molar-refractivity contribution is 6.30. The predicted octanol–water partition coefficient (Wildman–Crippen LogP) is 5.15. The van der Waals surface area contributed by atoms with Crippen LogP contribution in [-0.4, -0.2) is 4.98 Å². The van der Waals surface area contributed by atoms with Crippen molar-refractivity contribution in [2.45, 2.75) is 13.0 Å². The zero-order valence-corrected chi connectivity index (χ0v) is 14.6. The molecule has 3 N–H and O–H groups in total. The highest BCUT2D eigenvalue weighted by Gasteiger charge is 2.25. The number of aromatic nitrogens is 2. The quantitative estimate of drug-likeness (QED) is 0.526. The normalized spacial score (nSPS) is 12.2. The molecule has 2 aromatic heterocycles. The fourth-order valence-electron chi connectivity index (χ4n) is 3.32. The molecule has 0 aliphatic carbocycles. The van der Waals surface area contributed by atoms with Crippen LogP contribution >= 0.6 is 11.6 Å². The SMILES string of the molecule is Cc1[nH]c2ccccc2c1[C@@H](Nc1cccc[nH+]1)c1cccc(Cl)c1. The van der Waals surface area contributed by atoms with Gasteiger partial charge in [0.1, 0.15) is 6.04 Å². The van der Waals surface area contributed by atoms with Gasteiger partial charge in [0.05, 0.1) is 6.20 Å². The monoisotopic (exact) mass is 348 g/mol. The maximum atomic E-state index is 6.27. The highest BCUT2D eigenvalue weighted by atomic mass is 35.5. The number of hydrogen-bond donors (Lipinski definition) is 2. The molecule has 2 heterocycles. The van der Waals surface area contributed by atoms with Crippen LogP contribution in [0.1, 0.15) is 22.9 Å². The smallest absolute Gasteiger partial charge is 0.272 e. The van der Waals surface area contributed by atoms with Gasteiger partial charge in [-0.2, -0.15) is 0 Å². The second kappa shape index (κ2) is 6.61. The number of nitrogens with one attached hydrogen (secondary N) is 3. The molecule has 0 fully saturated rings. The van der Waals surface area contributed by atoms with Gasteiger partial charge >= 0.3 is 0 Å². The molecule has 0 saturated carbocycles. The third kappa shape index (κ3) is 3.11. The minimum atomic E-state index is -0.0199. The number of aryl methyl sites for hydroxylation is 1. The van der Waals surface area contributed by atoms with E-state index in [0.717, 1.165) is 27.6 Å². The molecule has 4 aromatic rings. The maximum absolute atomic E-state index is 6.27. The number of aromatic amines is 2. The van der Waals surface area contributed by atoms with Crippen LogP contribution in [0.25, 0.3) is 10.9 Å². The van der Waals surface area contributed by atoms with Crippen LogP contribution in [-0.2, 0) is 0 Å². The molecule has 124 valence electrons.